The summed E-state index contributed by atoms with van der Waals surface area (Å²) in [5.41, 5.74) is 0.945. The van der Waals surface area contributed by atoms with Crippen LogP contribution in [-0.2, 0) is 0 Å². The zero-order chi connectivity index (χ0) is 15.9. The summed E-state index contributed by atoms with van der Waals surface area (Å²) in [6.45, 7) is 1.19. The van der Waals surface area contributed by atoms with Crippen LogP contribution in [0.3, 0.4) is 0 Å². The van der Waals surface area contributed by atoms with E-state index in [0.717, 1.165) is 23.6 Å². The highest BCUT2D eigenvalue weighted by Crippen LogP contribution is 2.16. The highest BCUT2D eigenvalue weighted by Gasteiger charge is 1.99. The SMILES string of the molecule is Clc1ccc(OCCCOc2ccc(-n3cncn3)cc2)cc1. The van der Waals surface area contributed by atoms with E-state index in [4.69, 9.17) is 21.1 Å². The lowest BCUT2D eigenvalue weighted by Crippen LogP contribution is -2.05. The van der Waals surface area contributed by atoms with Gasteiger partial charge < -0.3 is 9.47 Å². The number of halogens is 1. The fraction of sp³-hybridized carbons (Fsp3) is 0.176. The minimum Gasteiger partial charge on any atom is -0.493 e. The summed E-state index contributed by atoms with van der Waals surface area (Å²) in [4.78, 5) is 3.92. The van der Waals surface area contributed by atoms with Gasteiger partial charge in [0.15, 0.2) is 0 Å². The molecule has 23 heavy (non-hydrogen) atoms. The highest BCUT2D eigenvalue weighted by molar-refractivity contribution is 6.30. The first-order valence-corrected chi connectivity index (χ1v) is 7.65. The second kappa shape index (κ2) is 7.65. The molecule has 0 spiro atoms. The normalized spacial score (nSPS) is 10.5. The molecule has 5 nitrogen and oxygen atoms in total. The predicted molar refractivity (Wildman–Crippen MR) is 88.4 cm³/mol. The van der Waals surface area contributed by atoms with Gasteiger partial charge >= 0.3 is 0 Å². The van der Waals surface area contributed by atoms with Gasteiger partial charge in [0.25, 0.3) is 0 Å². The largest absolute Gasteiger partial charge is 0.493 e. The van der Waals surface area contributed by atoms with Crippen LogP contribution in [0.1, 0.15) is 6.42 Å². The number of aromatic nitrogens is 3. The minimum absolute atomic E-state index is 0.594. The summed E-state index contributed by atoms with van der Waals surface area (Å²) in [7, 11) is 0. The first kappa shape index (κ1) is 15.4. The summed E-state index contributed by atoms with van der Waals surface area (Å²) in [5.74, 6) is 1.63. The Bertz CT molecular complexity index is 713. The number of ether oxygens (including phenoxy) is 2. The third-order valence-corrected chi connectivity index (χ3v) is 3.41. The highest BCUT2D eigenvalue weighted by atomic mass is 35.5. The number of benzene rings is 2. The van der Waals surface area contributed by atoms with Crippen LogP contribution in [0.5, 0.6) is 11.5 Å². The molecule has 0 radical (unpaired) electrons. The summed E-state index contributed by atoms with van der Waals surface area (Å²) < 4.78 is 13.0. The van der Waals surface area contributed by atoms with E-state index in [-0.39, 0.29) is 0 Å². The molecule has 0 aliphatic heterocycles. The minimum atomic E-state index is 0.594. The first-order valence-electron chi connectivity index (χ1n) is 7.27. The Morgan fingerprint density at radius 2 is 1.48 bits per heavy atom. The number of nitrogens with zero attached hydrogens (tertiary/aromatic N) is 3. The Morgan fingerprint density at radius 3 is 2.04 bits per heavy atom. The van der Waals surface area contributed by atoms with Gasteiger partial charge in [-0.25, -0.2) is 9.67 Å². The van der Waals surface area contributed by atoms with Crippen molar-refractivity contribution in [3.63, 3.8) is 0 Å². The van der Waals surface area contributed by atoms with Gasteiger partial charge in [0.05, 0.1) is 18.9 Å². The van der Waals surface area contributed by atoms with Crippen molar-refractivity contribution in [1.29, 1.82) is 0 Å². The van der Waals surface area contributed by atoms with E-state index < -0.39 is 0 Å². The van der Waals surface area contributed by atoms with Gasteiger partial charge in [0, 0.05) is 11.4 Å². The van der Waals surface area contributed by atoms with Crippen LogP contribution in [0.4, 0.5) is 0 Å². The molecule has 2 aromatic carbocycles. The van der Waals surface area contributed by atoms with Crippen molar-refractivity contribution in [1.82, 2.24) is 14.8 Å². The molecule has 0 aliphatic rings. The van der Waals surface area contributed by atoms with E-state index in [1.807, 2.05) is 48.5 Å². The van der Waals surface area contributed by atoms with E-state index in [0.29, 0.717) is 18.2 Å². The maximum Gasteiger partial charge on any atom is 0.138 e. The third-order valence-electron chi connectivity index (χ3n) is 3.16. The van der Waals surface area contributed by atoms with E-state index in [9.17, 15) is 0 Å². The van der Waals surface area contributed by atoms with Crippen LogP contribution in [-0.4, -0.2) is 28.0 Å². The fourth-order valence-electron chi connectivity index (χ4n) is 2.01. The quantitative estimate of drug-likeness (QED) is 0.619. The molecule has 1 heterocycles. The molecule has 0 fully saturated rings. The molecule has 0 unspecified atom stereocenters. The smallest absolute Gasteiger partial charge is 0.138 e. The van der Waals surface area contributed by atoms with E-state index in [1.165, 1.54) is 6.33 Å². The average molecular weight is 330 g/mol. The molecule has 0 bridgehead atoms. The lowest BCUT2D eigenvalue weighted by atomic mass is 10.3. The van der Waals surface area contributed by atoms with Crippen molar-refractivity contribution in [2.45, 2.75) is 6.42 Å². The lowest BCUT2D eigenvalue weighted by Gasteiger charge is -2.08. The second-order valence-electron chi connectivity index (χ2n) is 4.84. The van der Waals surface area contributed by atoms with Crippen molar-refractivity contribution >= 4 is 11.6 Å². The van der Waals surface area contributed by atoms with Crippen molar-refractivity contribution in [3.8, 4) is 17.2 Å². The van der Waals surface area contributed by atoms with Crippen molar-refractivity contribution in [2.24, 2.45) is 0 Å². The van der Waals surface area contributed by atoms with Crippen LogP contribution in [0.15, 0.2) is 61.2 Å². The molecule has 0 aliphatic carbocycles. The number of hydrogen-bond acceptors (Lipinski definition) is 4. The maximum atomic E-state index is 5.82. The summed E-state index contributed by atoms with van der Waals surface area (Å²) in [6.07, 6.45) is 3.96. The molecular formula is C17H16ClN3O2. The van der Waals surface area contributed by atoms with Crippen molar-refractivity contribution in [3.05, 3.63) is 66.2 Å². The molecule has 0 amide bonds. The van der Waals surface area contributed by atoms with Crippen LogP contribution in [0, 0.1) is 0 Å². The van der Waals surface area contributed by atoms with Gasteiger partial charge in [0.1, 0.15) is 24.2 Å². The molecule has 0 saturated heterocycles. The Labute approximate surface area is 139 Å². The molecular weight excluding hydrogens is 314 g/mol. The topological polar surface area (TPSA) is 49.2 Å². The van der Waals surface area contributed by atoms with Crippen LogP contribution in [0.25, 0.3) is 5.69 Å². The van der Waals surface area contributed by atoms with E-state index in [2.05, 4.69) is 10.1 Å². The van der Waals surface area contributed by atoms with Crippen molar-refractivity contribution < 1.29 is 9.47 Å². The van der Waals surface area contributed by atoms with Gasteiger partial charge in [-0.2, -0.15) is 5.10 Å². The zero-order valence-electron chi connectivity index (χ0n) is 12.4. The zero-order valence-corrected chi connectivity index (χ0v) is 13.2. The lowest BCUT2D eigenvalue weighted by molar-refractivity contribution is 0.247. The average Bonchev–Trinajstić information content (AvgIpc) is 3.11. The molecule has 0 saturated carbocycles. The molecule has 1 aromatic heterocycles. The van der Waals surface area contributed by atoms with E-state index >= 15 is 0 Å². The molecule has 0 atom stereocenters. The molecule has 6 heteroatoms. The van der Waals surface area contributed by atoms with Gasteiger partial charge in [0.2, 0.25) is 0 Å². The molecule has 0 N–H and O–H groups in total. The Balaban J connectivity index is 1.39. The van der Waals surface area contributed by atoms with Crippen molar-refractivity contribution in [2.75, 3.05) is 13.2 Å². The van der Waals surface area contributed by atoms with Gasteiger partial charge in [-0.3, -0.25) is 0 Å². The van der Waals surface area contributed by atoms with Gasteiger partial charge in [-0.05, 0) is 48.5 Å². The van der Waals surface area contributed by atoms with Crippen LogP contribution < -0.4 is 9.47 Å². The molecule has 118 valence electrons. The Kier molecular flexibility index (Phi) is 5.11. The number of hydrogen-bond donors (Lipinski definition) is 0. The van der Waals surface area contributed by atoms with Crippen LogP contribution >= 0.6 is 11.6 Å². The monoisotopic (exact) mass is 329 g/mol. The maximum absolute atomic E-state index is 5.82. The standard InChI is InChI=1S/C17H16ClN3O2/c18-14-2-6-16(7-3-14)22-10-1-11-23-17-8-4-15(5-9-17)21-13-19-12-20-21/h2-9,12-13H,1,10-11H2. The van der Waals surface area contributed by atoms with Gasteiger partial charge in [-0.1, -0.05) is 11.6 Å². The molecule has 3 aromatic rings. The summed E-state index contributed by atoms with van der Waals surface area (Å²) in [5, 5.41) is 4.78. The summed E-state index contributed by atoms with van der Waals surface area (Å²) >= 11 is 5.82. The van der Waals surface area contributed by atoms with E-state index in [1.54, 1.807) is 11.0 Å². The van der Waals surface area contributed by atoms with Gasteiger partial charge in [-0.15, -0.1) is 0 Å². The predicted octanol–water partition coefficient (Wildman–Crippen LogP) is 3.77. The second-order valence-corrected chi connectivity index (χ2v) is 5.27. The third kappa shape index (κ3) is 4.47. The summed E-state index contributed by atoms with van der Waals surface area (Å²) in [6, 6.07) is 15.0. The fourth-order valence-corrected chi connectivity index (χ4v) is 2.13. The number of rotatable bonds is 7. The molecule has 3 rings (SSSR count). The van der Waals surface area contributed by atoms with Crippen LogP contribution in [0.2, 0.25) is 5.02 Å². The Morgan fingerprint density at radius 1 is 0.870 bits per heavy atom. The Hall–Kier alpha value is -2.53. The first-order chi connectivity index (χ1) is 11.3.